The second-order valence-electron chi connectivity index (χ2n) is 5.17. The first-order chi connectivity index (χ1) is 11.0. The molecule has 0 saturated carbocycles. The molecule has 1 aromatic rings. The van der Waals surface area contributed by atoms with Crippen LogP contribution in [0.4, 0.5) is 0 Å². The number of amides is 1. The number of likely N-dealkylation sites (tertiary alicyclic amines) is 1. The maximum atomic E-state index is 12.3. The molecule has 0 N–H and O–H groups in total. The van der Waals surface area contributed by atoms with E-state index in [2.05, 4.69) is 0 Å². The van der Waals surface area contributed by atoms with Gasteiger partial charge in [-0.2, -0.15) is 5.26 Å². The standard InChI is InChI=1S/C17H18N2O4/c1-12(20)23-15-6-5-13(10-16(15)22-2)9-14(11-18)17(21)19-7-3-4-8-19/h5-6,9-10H,3-4,7-8H2,1-2H3/b14-9+. The van der Waals surface area contributed by atoms with Gasteiger partial charge in [0.1, 0.15) is 11.6 Å². The fraction of sp³-hybridized carbons (Fsp3) is 0.353. The van der Waals surface area contributed by atoms with Gasteiger partial charge in [-0.15, -0.1) is 0 Å². The Balaban J connectivity index is 2.27. The van der Waals surface area contributed by atoms with E-state index in [1.165, 1.54) is 20.1 Å². The molecule has 0 radical (unpaired) electrons. The highest BCUT2D eigenvalue weighted by Crippen LogP contribution is 2.29. The number of methoxy groups -OCH3 is 1. The minimum Gasteiger partial charge on any atom is -0.493 e. The molecular weight excluding hydrogens is 296 g/mol. The average molecular weight is 314 g/mol. The number of nitrogens with zero attached hydrogens (tertiary/aromatic N) is 2. The molecule has 6 heteroatoms. The number of nitriles is 1. The number of hydrogen-bond acceptors (Lipinski definition) is 5. The molecular formula is C17H18N2O4. The summed E-state index contributed by atoms with van der Waals surface area (Å²) in [6.45, 7) is 2.68. The van der Waals surface area contributed by atoms with Gasteiger partial charge in [-0.1, -0.05) is 6.07 Å². The van der Waals surface area contributed by atoms with E-state index < -0.39 is 5.97 Å². The summed E-state index contributed by atoms with van der Waals surface area (Å²) in [7, 11) is 1.45. The fourth-order valence-corrected chi connectivity index (χ4v) is 2.41. The molecule has 1 fully saturated rings. The van der Waals surface area contributed by atoms with Crippen LogP contribution in [0.5, 0.6) is 11.5 Å². The fourth-order valence-electron chi connectivity index (χ4n) is 2.41. The van der Waals surface area contributed by atoms with E-state index in [0.717, 1.165) is 12.8 Å². The predicted octanol–water partition coefficient (Wildman–Crippen LogP) is 2.15. The van der Waals surface area contributed by atoms with Crippen LogP contribution in [0.2, 0.25) is 0 Å². The van der Waals surface area contributed by atoms with E-state index in [1.807, 2.05) is 6.07 Å². The molecule has 1 saturated heterocycles. The van der Waals surface area contributed by atoms with Crippen LogP contribution in [0.1, 0.15) is 25.3 Å². The van der Waals surface area contributed by atoms with Crippen molar-refractivity contribution < 1.29 is 19.1 Å². The Labute approximate surface area is 134 Å². The number of esters is 1. The van der Waals surface area contributed by atoms with E-state index in [1.54, 1.807) is 23.1 Å². The van der Waals surface area contributed by atoms with Crippen LogP contribution in [-0.4, -0.2) is 37.0 Å². The lowest BCUT2D eigenvalue weighted by atomic mass is 10.1. The highest BCUT2D eigenvalue weighted by molar-refractivity contribution is 6.01. The summed E-state index contributed by atoms with van der Waals surface area (Å²) in [4.78, 5) is 25.0. The third-order valence-corrected chi connectivity index (χ3v) is 3.50. The smallest absolute Gasteiger partial charge is 0.308 e. The van der Waals surface area contributed by atoms with Gasteiger partial charge in [0.2, 0.25) is 0 Å². The largest absolute Gasteiger partial charge is 0.493 e. The Morgan fingerprint density at radius 2 is 1.96 bits per heavy atom. The average Bonchev–Trinajstić information content (AvgIpc) is 3.07. The first-order valence-electron chi connectivity index (χ1n) is 7.32. The van der Waals surface area contributed by atoms with Crippen molar-refractivity contribution >= 4 is 18.0 Å². The molecule has 6 nitrogen and oxygen atoms in total. The van der Waals surface area contributed by atoms with E-state index in [4.69, 9.17) is 9.47 Å². The van der Waals surface area contributed by atoms with Crippen molar-refractivity contribution in [1.82, 2.24) is 4.90 Å². The zero-order valence-electron chi connectivity index (χ0n) is 13.2. The van der Waals surface area contributed by atoms with Crippen LogP contribution in [0, 0.1) is 11.3 Å². The van der Waals surface area contributed by atoms with Crippen LogP contribution in [-0.2, 0) is 9.59 Å². The second kappa shape index (κ2) is 7.45. The summed E-state index contributed by atoms with van der Waals surface area (Å²) in [6, 6.07) is 6.81. The molecule has 0 atom stereocenters. The van der Waals surface area contributed by atoms with Gasteiger partial charge in [-0.3, -0.25) is 9.59 Å². The van der Waals surface area contributed by atoms with Gasteiger partial charge in [-0.25, -0.2) is 0 Å². The van der Waals surface area contributed by atoms with Crippen molar-refractivity contribution in [2.24, 2.45) is 0 Å². The minimum absolute atomic E-state index is 0.0780. The number of carbonyl (C=O) groups is 2. The Morgan fingerprint density at radius 1 is 1.26 bits per heavy atom. The van der Waals surface area contributed by atoms with E-state index in [9.17, 15) is 14.9 Å². The van der Waals surface area contributed by atoms with Gasteiger partial charge in [-0.05, 0) is 36.6 Å². The molecule has 120 valence electrons. The van der Waals surface area contributed by atoms with E-state index in [-0.39, 0.29) is 11.5 Å². The zero-order valence-corrected chi connectivity index (χ0v) is 13.2. The summed E-state index contributed by atoms with van der Waals surface area (Å²) < 4.78 is 10.2. The molecule has 1 aliphatic heterocycles. The molecule has 0 bridgehead atoms. The Morgan fingerprint density at radius 3 is 2.52 bits per heavy atom. The zero-order chi connectivity index (χ0) is 16.8. The molecule has 0 unspecified atom stereocenters. The summed E-state index contributed by atoms with van der Waals surface area (Å²) in [5.74, 6) is -0.0528. The Kier molecular flexibility index (Phi) is 5.36. The van der Waals surface area contributed by atoms with Gasteiger partial charge >= 0.3 is 5.97 Å². The third-order valence-electron chi connectivity index (χ3n) is 3.50. The maximum Gasteiger partial charge on any atom is 0.308 e. The lowest BCUT2D eigenvalue weighted by Gasteiger charge is -2.14. The first-order valence-corrected chi connectivity index (χ1v) is 7.32. The lowest BCUT2D eigenvalue weighted by Crippen LogP contribution is -2.28. The Bertz CT molecular complexity index is 682. The van der Waals surface area contributed by atoms with Crippen molar-refractivity contribution in [1.29, 1.82) is 5.26 Å². The minimum atomic E-state index is -0.450. The lowest BCUT2D eigenvalue weighted by molar-refractivity contribution is -0.132. The van der Waals surface area contributed by atoms with Crippen molar-refractivity contribution in [2.75, 3.05) is 20.2 Å². The van der Waals surface area contributed by atoms with Crippen LogP contribution in [0.15, 0.2) is 23.8 Å². The Hall–Kier alpha value is -2.81. The number of hydrogen-bond donors (Lipinski definition) is 0. The molecule has 1 amide bonds. The van der Waals surface area contributed by atoms with Crippen molar-refractivity contribution in [2.45, 2.75) is 19.8 Å². The number of ether oxygens (including phenoxy) is 2. The third kappa shape index (κ3) is 4.10. The quantitative estimate of drug-likeness (QED) is 0.368. The number of benzene rings is 1. The van der Waals surface area contributed by atoms with Crippen LogP contribution < -0.4 is 9.47 Å². The number of rotatable bonds is 4. The molecule has 23 heavy (non-hydrogen) atoms. The summed E-state index contributed by atoms with van der Waals surface area (Å²) >= 11 is 0. The highest BCUT2D eigenvalue weighted by Gasteiger charge is 2.21. The van der Waals surface area contributed by atoms with Gasteiger partial charge in [0.25, 0.3) is 5.91 Å². The second-order valence-corrected chi connectivity index (χ2v) is 5.17. The van der Waals surface area contributed by atoms with Gasteiger partial charge in [0.15, 0.2) is 11.5 Å². The molecule has 0 spiro atoms. The molecule has 1 aromatic carbocycles. The molecule has 1 aliphatic rings. The van der Waals surface area contributed by atoms with Gasteiger partial charge in [0.05, 0.1) is 7.11 Å². The predicted molar refractivity (Wildman–Crippen MR) is 83.7 cm³/mol. The maximum absolute atomic E-state index is 12.3. The topological polar surface area (TPSA) is 79.6 Å². The van der Waals surface area contributed by atoms with E-state index >= 15 is 0 Å². The SMILES string of the molecule is COc1cc(/C=C(\C#N)C(=O)N2CCCC2)ccc1OC(C)=O. The van der Waals surface area contributed by atoms with Crippen LogP contribution >= 0.6 is 0 Å². The number of carbonyl (C=O) groups excluding carboxylic acids is 2. The van der Waals surface area contributed by atoms with E-state index in [0.29, 0.717) is 30.2 Å². The van der Waals surface area contributed by atoms with Crippen molar-refractivity contribution in [3.05, 3.63) is 29.3 Å². The first kappa shape index (κ1) is 16.6. The molecule has 0 aromatic heterocycles. The summed E-state index contributed by atoms with van der Waals surface area (Å²) in [5.41, 5.74) is 0.705. The van der Waals surface area contributed by atoms with Gasteiger partial charge in [0, 0.05) is 20.0 Å². The molecule has 2 rings (SSSR count). The molecule has 0 aliphatic carbocycles. The highest BCUT2D eigenvalue weighted by atomic mass is 16.6. The summed E-state index contributed by atoms with van der Waals surface area (Å²) in [6.07, 6.45) is 3.45. The normalized spacial score (nSPS) is 14.3. The van der Waals surface area contributed by atoms with Crippen molar-refractivity contribution in [3.63, 3.8) is 0 Å². The summed E-state index contributed by atoms with van der Waals surface area (Å²) in [5, 5.41) is 9.25. The van der Waals surface area contributed by atoms with Crippen LogP contribution in [0.3, 0.4) is 0 Å². The van der Waals surface area contributed by atoms with Crippen LogP contribution in [0.25, 0.3) is 6.08 Å². The van der Waals surface area contributed by atoms with Crippen molar-refractivity contribution in [3.8, 4) is 17.6 Å². The van der Waals surface area contributed by atoms with Gasteiger partial charge < -0.3 is 14.4 Å². The molecule has 1 heterocycles. The monoisotopic (exact) mass is 314 g/mol.